The molecule has 0 radical (unpaired) electrons. The predicted octanol–water partition coefficient (Wildman–Crippen LogP) is 8.11. The molecule has 1 aliphatic carbocycles. The normalized spacial score (nSPS) is 21.5. The molecule has 0 aliphatic heterocycles. The second-order valence-corrected chi connectivity index (χ2v) is 10.7. The standard InChI is InChI=1S/C33H36N/c1-21-12-8-9-13-25(21)31-19-29(22(2)20-34(31)7)24-16-17-27-23(3)26-14-10-11-15-28(26)32(30(27)18-24)33(4,5)6/h8-20,23,32H,1-7H3/q+1/i2D3,23D. The average Bonchev–Trinajstić information content (AvgIpc) is 2.83. The summed E-state index contributed by atoms with van der Waals surface area (Å²) in [6.07, 6.45) is 1.76. The molecule has 2 unspecified atom stereocenters. The van der Waals surface area contributed by atoms with Crippen LogP contribution in [0.1, 0.15) is 78.4 Å². The lowest BCUT2D eigenvalue weighted by Crippen LogP contribution is -2.31. The van der Waals surface area contributed by atoms with Gasteiger partial charge in [-0.25, -0.2) is 4.57 Å². The fourth-order valence-corrected chi connectivity index (χ4v) is 5.66. The first-order valence-corrected chi connectivity index (χ1v) is 12.1. The van der Waals surface area contributed by atoms with Crippen LogP contribution in [-0.2, 0) is 7.05 Å². The Balaban J connectivity index is 1.80. The Kier molecular flexibility index (Phi) is 4.40. The van der Waals surface area contributed by atoms with Crippen LogP contribution in [0.25, 0.3) is 22.4 Å². The van der Waals surface area contributed by atoms with Gasteiger partial charge in [0.2, 0.25) is 5.69 Å². The third-order valence-electron chi connectivity index (χ3n) is 7.31. The smallest absolute Gasteiger partial charge is 0.201 e. The summed E-state index contributed by atoms with van der Waals surface area (Å²) >= 11 is 0. The maximum atomic E-state index is 9.41. The fraction of sp³-hybridized carbons (Fsp3) is 0.303. The van der Waals surface area contributed by atoms with Crippen molar-refractivity contribution in [3.63, 3.8) is 0 Å². The van der Waals surface area contributed by atoms with Crippen LogP contribution in [0.2, 0.25) is 0 Å². The molecule has 2 atom stereocenters. The van der Waals surface area contributed by atoms with E-state index in [1.54, 1.807) is 6.20 Å². The van der Waals surface area contributed by atoms with Gasteiger partial charge in [-0.1, -0.05) is 88.4 Å². The molecule has 0 saturated heterocycles. The summed E-state index contributed by atoms with van der Waals surface area (Å²) in [6.45, 7) is 8.49. The van der Waals surface area contributed by atoms with Crippen molar-refractivity contribution in [2.45, 2.75) is 53.3 Å². The van der Waals surface area contributed by atoms with Gasteiger partial charge in [0.25, 0.3) is 0 Å². The summed E-state index contributed by atoms with van der Waals surface area (Å²) in [5, 5.41) is 0. The summed E-state index contributed by atoms with van der Waals surface area (Å²) in [5.74, 6) is -0.812. The zero-order valence-corrected chi connectivity index (χ0v) is 21.0. The predicted molar refractivity (Wildman–Crippen MR) is 143 cm³/mol. The van der Waals surface area contributed by atoms with E-state index in [4.69, 9.17) is 4.11 Å². The Morgan fingerprint density at radius 3 is 2.18 bits per heavy atom. The lowest BCUT2D eigenvalue weighted by Gasteiger charge is -2.40. The van der Waals surface area contributed by atoms with Crippen molar-refractivity contribution in [1.29, 1.82) is 0 Å². The van der Waals surface area contributed by atoms with Crippen molar-refractivity contribution >= 4 is 0 Å². The minimum atomic E-state index is -2.27. The Hall–Kier alpha value is -3.19. The average molecular weight is 451 g/mol. The summed E-state index contributed by atoms with van der Waals surface area (Å²) in [4.78, 5) is 0. The van der Waals surface area contributed by atoms with E-state index in [9.17, 15) is 1.37 Å². The van der Waals surface area contributed by atoms with Crippen LogP contribution in [0.5, 0.6) is 0 Å². The van der Waals surface area contributed by atoms with Crippen LogP contribution in [-0.4, -0.2) is 0 Å². The fourth-order valence-electron chi connectivity index (χ4n) is 5.66. The minimum absolute atomic E-state index is 0.0824. The molecule has 3 aromatic carbocycles. The number of hydrogen-bond donors (Lipinski definition) is 0. The second-order valence-electron chi connectivity index (χ2n) is 10.7. The van der Waals surface area contributed by atoms with Crippen molar-refractivity contribution in [2.24, 2.45) is 12.5 Å². The monoisotopic (exact) mass is 450 g/mol. The van der Waals surface area contributed by atoms with Crippen LogP contribution in [0.3, 0.4) is 0 Å². The zero-order chi connectivity index (χ0) is 27.6. The van der Waals surface area contributed by atoms with Gasteiger partial charge in [-0.2, -0.15) is 0 Å². The SMILES string of the molecule is [2H]C([2H])([2H])c1c[n+](C)c(-c2ccccc2C)cc1-c1ccc2c(c1)C(C(C)(C)C)c1ccccc1C2([2H])C. The molecule has 1 nitrogen and oxygen atoms in total. The highest BCUT2D eigenvalue weighted by molar-refractivity contribution is 5.74. The number of aryl methyl sites for hydroxylation is 3. The lowest BCUT2D eigenvalue weighted by molar-refractivity contribution is -0.660. The lowest BCUT2D eigenvalue weighted by atomic mass is 9.64. The highest BCUT2D eigenvalue weighted by atomic mass is 14.9. The maximum Gasteiger partial charge on any atom is 0.213 e. The van der Waals surface area contributed by atoms with E-state index in [1.807, 2.05) is 48.9 Å². The van der Waals surface area contributed by atoms with Crippen LogP contribution >= 0.6 is 0 Å². The van der Waals surface area contributed by atoms with Gasteiger partial charge < -0.3 is 0 Å². The topological polar surface area (TPSA) is 3.88 Å². The van der Waals surface area contributed by atoms with Crippen molar-refractivity contribution in [3.8, 4) is 22.4 Å². The minimum Gasteiger partial charge on any atom is -0.201 e. The molecule has 4 aromatic rings. The largest absolute Gasteiger partial charge is 0.213 e. The molecule has 0 bridgehead atoms. The van der Waals surface area contributed by atoms with Crippen molar-refractivity contribution in [1.82, 2.24) is 0 Å². The van der Waals surface area contributed by atoms with E-state index in [-0.39, 0.29) is 11.3 Å². The Bertz CT molecular complexity index is 1540. The molecule has 1 aliphatic rings. The molecule has 0 N–H and O–H groups in total. The number of benzene rings is 3. The van der Waals surface area contributed by atoms with Crippen LogP contribution < -0.4 is 4.57 Å². The first kappa shape index (κ1) is 18.2. The van der Waals surface area contributed by atoms with Crippen LogP contribution in [0, 0.1) is 19.2 Å². The first-order chi connectivity index (χ1) is 17.7. The molecule has 0 spiro atoms. The van der Waals surface area contributed by atoms with E-state index in [0.717, 1.165) is 39.1 Å². The summed E-state index contributed by atoms with van der Waals surface area (Å²) < 4.78 is 36.4. The van der Waals surface area contributed by atoms with Gasteiger partial charge >= 0.3 is 0 Å². The third-order valence-corrected chi connectivity index (χ3v) is 7.31. The number of aromatic nitrogens is 1. The highest BCUT2D eigenvalue weighted by Crippen LogP contribution is 2.51. The van der Waals surface area contributed by atoms with E-state index < -0.39 is 12.7 Å². The highest BCUT2D eigenvalue weighted by Gasteiger charge is 2.37. The van der Waals surface area contributed by atoms with E-state index in [2.05, 4.69) is 70.2 Å². The van der Waals surface area contributed by atoms with Gasteiger partial charge in [0.1, 0.15) is 7.05 Å². The van der Waals surface area contributed by atoms with Gasteiger partial charge in [0, 0.05) is 34.5 Å². The number of rotatable bonds is 2. The van der Waals surface area contributed by atoms with Crippen LogP contribution in [0.4, 0.5) is 0 Å². The Labute approximate surface area is 210 Å². The van der Waals surface area contributed by atoms with E-state index in [1.165, 1.54) is 5.56 Å². The molecule has 5 rings (SSSR count). The number of pyridine rings is 1. The first-order valence-electron chi connectivity index (χ1n) is 14.1. The zero-order valence-electron chi connectivity index (χ0n) is 25.0. The number of hydrogen-bond acceptors (Lipinski definition) is 0. The van der Waals surface area contributed by atoms with Crippen molar-refractivity contribution < 1.29 is 10.1 Å². The Morgan fingerprint density at radius 2 is 1.47 bits per heavy atom. The molecule has 34 heavy (non-hydrogen) atoms. The van der Waals surface area contributed by atoms with E-state index >= 15 is 0 Å². The van der Waals surface area contributed by atoms with Crippen LogP contribution in [0.15, 0.2) is 79.0 Å². The van der Waals surface area contributed by atoms with Gasteiger partial charge in [0.15, 0.2) is 6.20 Å². The number of nitrogens with zero attached hydrogens (tertiary/aromatic N) is 1. The molecular formula is C33H36N+. The molecule has 1 heteroatoms. The molecule has 1 heterocycles. The van der Waals surface area contributed by atoms with Gasteiger partial charge in [0.05, 0.1) is 0 Å². The van der Waals surface area contributed by atoms with E-state index in [0.29, 0.717) is 11.1 Å². The van der Waals surface area contributed by atoms with Gasteiger partial charge in [-0.05, 0) is 64.2 Å². The van der Waals surface area contributed by atoms with Crippen molar-refractivity contribution in [3.05, 3.63) is 112 Å². The molecule has 172 valence electrons. The Morgan fingerprint density at radius 1 is 0.794 bits per heavy atom. The quantitative estimate of drug-likeness (QED) is 0.272. The molecule has 0 saturated carbocycles. The third kappa shape index (κ3) is 3.68. The second kappa shape index (κ2) is 8.24. The summed E-state index contributed by atoms with van der Waals surface area (Å²) in [7, 11) is 1.91. The van der Waals surface area contributed by atoms with Crippen molar-refractivity contribution in [2.75, 3.05) is 0 Å². The molecule has 0 amide bonds. The van der Waals surface area contributed by atoms with Gasteiger partial charge in [-0.3, -0.25) is 0 Å². The van der Waals surface area contributed by atoms with Gasteiger partial charge in [-0.15, -0.1) is 0 Å². The number of fused-ring (bicyclic) bond motifs is 2. The summed E-state index contributed by atoms with van der Waals surface area (Å²) in [5.41, 5.74) is 9.29. The molecule has 1 aromatic heterocycles. The molecular weight excluding hydrogens is 410 g/mol. The maximum absolute atomic E-state index is 9.41. The summed E-state index contributed by atoms with van der Waals surface area (Å²) in [6, 6.07) is 24.7. The molecule has 0 fully saturated rings.